The normalized spacial score (nSPS) is 20.6. The van der Waals surface area contributed by atoms with E-state index in [1.54, 1.807) is 0 Å². The molecule has 0 unspecified atom stereocenters. The summed E-state index contributed by atoms with van der Waals surface area (Å²) in [7, 11) is 0. The fourth-order valence-electron chi connectivity index (χ4n) is 5.59. The standard InChI is InChI=1S/C31H42ClN3O4/c1-5-25-6-8-26(9-7-25)19-34-14-15-39-31(20-34,21-38-28-16-22(2)30(32)23(3)17-28)18-29(37)35-12-10-27(11-13-35)33-24(4)36/h6-9,16-17,27H,5,10-15,18-21H2,1-4H3,(H,33,36)/t31-/m0/s1. The summed E-state index contributed by atoms with van der Waals surface area (Å²) in [6.07, 6.45) is 2.79. The minimum Gasteiger partial charge on any atom is -0.490 e. The first-order valence-electron chi connectivity index (χ1n) is 14.0. The Morgan fingerprint density at radius 1 is 1.08 bits per heavy atom. The van der Waals surface area contributed by atoms with Crippen LogP contribution in [0.5, 0.6) is 5.75 Å². The first-order chi connectivity index (χ1) is 18.7. The lowest BCUT2D eigenvalue weighted by Gasteiger charge is -2.43. The summed E-state index contributed by atoms with van der Waals surface area (Å²) in [5, 5.41) is 3.72. The van der Waals surface area contributed by atoms with Crippen molar-refractivity contribution < 1.29 is 19.1 Å². The van der Waals surface area contributed by atoms with Crippen molar-refractivity contribution in [2.45, 2.75) is 71.6 Å². The average molecular weight is 556 g/mol. The summed E-state index contributed by atoms with van der Waals surface area (Å²) >= 11 is 6.37. The lowest BCUT2D eigenvalue weighted by Crippen LogP contribution is -2.57. The third-order valence-electron chi connectivity index (χ3n) is 7.81. The van der Waals surface area contributed by atoms with Crippen molar-refractivity contribution in [3.05, 3.63) is 63.7 Å². The van der Waals surface area contributed by atoms with Crippen LogP contribution < -0.4 is 10.1 Å². The molecule has 4 rings (SSSR count). The number of amides is 2. The van der Waals surface area contributed by atoms with Crippen LogP contribution in [0.1, 0.15) is 55.4 Å². The van der Waals surface area contributed by atoms with Gasteiger partial charge in [-0.25, -0.2) is 0 Å². The highest BCUT2D eigenvalue weighted by Crippen LogP contribution is 2.30. The molecule has 2 amide bonds. The molecule has 212 valence electrons. The van der Waals surface area contributed by atoms with Crippen LogP contribution in [-0.4, -0.2) is 72.6 Å². The van der Waals surface area contributed by atoms with E-state index in [0.29, 0.717) is 26.2 Å². The highest BCUT2D eigenvalue weighted by molar-refractivity contribution is 6.32. The smallest absolute Gasteiger partial charge is 0.225 e. The van der Waals surface area contributed by atoms with Gasteiger partial charge in [0, 0.05) is 50.7 Å². The number of halogens is 1. The molecule has 7 nitrogen and oxygen atoms in total. The number of rotatable bonds is 9. The summed E-state index contributed by atoms with van der Waals surface area (Å²) in [6, 6.07) is 12.8. The fraction of sp³-hybridized carbons (Fsp3) is 0.548. The summed E-state index contributed by atoms with van der Waals surface area (Å²) in [5.41, 5.74) is 3.72. The Morgan fingerprint density at radius 2 is 1.72 bits per heavy atom. The second kappa shape index (κ2) is 13.2. The van der Waals surface area contributed by atoms with Gasteiger partial charge in [-0.2, -0.15) is 0 Å². The van der Waals surface area contributed by atoms with Crippen molar-refractivity contribution >= 4 is 23.4 Å². The number of carbonyl (C=O) groups is 2. The van der Waals surface area contributed by atoms with Gasteiger partial charge in [-0.15, -0.1) is 0 Å². The number of benzene rings is 2. The number of carbonyl (C=O) groups excluding carboxylic acids is 2. The van der Waals surface area contributed by atoms with Crippen LogP contribution >= 0.6 is 11.6 Å². The number of hydrogen-bond acceptors (Lipinski definition) is 5. The minimum atomic E-state index is -0.769. The van der Waals surface area contributed by atoms with Crippen molar-refractivity contribution in [2.24, 2.45) is 0 Å². The van der Waals surface area contributed by atoms with E-state index in [2.05, 4.69) is 41.4 Å². The Labute approximate surface area is 237 Å². The molecular formula is C31H42ClN3O4. The first kappa shape index (κ1) is 29.4. The van der Waals surface area contributed by atoms with Crippen LogP contribution in [0.2, 0.25) is 5.02 Å². The van der Waals surface area contributed by atoms with E-state index < -0.39 is 5.60 Å². The second-order valence-corrected chi connectivity index (χ2v) is 11.5. The van der Waals surface area contributed by atoms with E-state index >= 15 is 0 Å². The van der Waals surface area contributed by atoms with Crippen molar-refractivity contribution in [1.29, 1.82) is 0 Å². The summed E-state index contributed by atoms with van der Waals surface area (Å²) in [6.45, 7) is 11.9. The van der Waals surface area contributed by atoms with Gasteiger partial charge in [0.1, 0.15) is 18.0 Å². The molecule has 2 saturated heterocycles. The second-order valence-electron chi connectivity index (χ2n) is 11.1. The van der Waals surface area contributed by atoms with Crippen LogP contribution in [-0.2, 0) is 27.3 Å². The molecule has 0 aromatic heterocycles. The van der Waals surface area contributed by atoms with Gasteiger partial charge in [0.15, 0.2) is 0 Å². The van der Waals surface area contributed by atoms with E-state index in [1.807, 2.05) is 30.9 Å². The Hall–Kier alpha value is -2.61. The Balaban J connectivity index is 1.48. The third-order valence-corrected chi connectivity index (χ3v) is 8.40. The van der Waals surface area contributed by atoms with Crippen molar-refractivity contribution in [2.75, 3.05) is 39.4 Å². The number of likely N-dealkylation sites (tertiary alicyclic amines) is 1. The van der Waals surface area contributed by atoms with E-state index in [1.165, 1.54) is 18.1 Å². The topological polar surface area (TPSA) is 71.1 Å². The Morgan fingerprint density at radius 3 is 2.33 bits per heavy atom. The molecule has 2 heterocycles. The summed E-state index contributed by atoms with van der Waals surface area (Å²) in [4.78, 5) is 29.3. The highest BCUT2D eigenvalue weighted by atomic mass is 35.5. The zero-order valence-electron chi connectivity index (χ0n) is 23.7. The lowest BCUT2D eigenvalue weighted by molar-refractivity contribution is -0.157. The molecule has 2 aromatic carbocycles. The van der Waals surface area contributed by atoms with E-state index in [9.17, 15) is 9.59 Å². The number of aryl methyl sites for hydroxylation is 3. The molecule has 0 spiro atoms. The van der Waals surface area contributed by atoms with Gasteiger partial charge in [0.25, 0.3) is 0 Å². The van der Waals surface area contributed by atoms with E-state index in [4.69, 9.17) is 21.1 Å². The molecule has 8 heteroatoms. The van der Waals surface area contributed by atoms with Gasteiger partial charge >= 0.3 is 0 Å². The fourth-order valence-corrected chi connectivity index (χ4v) is 5.70. The van der Waals surface area contributed by atoms with Crippen LogP contribution in [0.4, 0.5) is 0 Å². The maximum atomic E-state index is 13.6. The molecule has 1 N–H and O–H groups in total. The predicted molar refractivity (Wildman–Crippen MR) is 154 cm³/mol. The SMILES string of the molecule is CCc1ccc(CN2CCO[C@@](COc3cc(C)c(Cl)c(C)c3)(CC(=O)N3CCC(NC(C)=O)CC3)C2)cc1. The monoisotopic (exact) mass is 555 g/mol. The number of nitrogens with zero attached hydrogens (tertiary/aromatic N) is 2. The molecule has 0 saturated carbocycles. The van der Waals surface area contributed by atoms with E-state index in [0.717, 1.165) is 54.3 Å². The molecule has 0 aliphatic carbocycles. The van der Waals surface area contributed by atoms with Gasteiger partial charge in [-0.1, -0.05) is 42.8 Å². The zero-order valence-corrected chi connectivity index (χ0v) is 24.5. The first-order valence-corrected chi connectivity index (χ1v) is 14.4. The summed E-state index contributed by atoms with van der Waals surface area (Å²) in [5.74, 6) is 0.772. The average Bonchev–Trinajstić information content (AvgIpc) is 2.91. The highest BCUT2D eigenvalue weighted by Gasteiger charge is 2.41. The molecule has 1 atom stereocenters. The predicted octanol–water partition coefficient (Wildman–Crippen LogP) is 4.69. The molecule has 2 aliphatic rings. The number of hydrogen-bond donors (Lipinski definition) is 1. The number of nitrogens with one attached hydrogen (secondary N) is 1. The van der Waals surface area contributed by atoms with Crippen LogP contribution in [0.15, 0.2) is 36.4 Å². The molecule has 0 radical (unpaired) electrons. The van der Waals surface area contributed by atoms with Crippen molar-refractivity contribution in [3.63, 3.8) is 0 Å². The molecule has 2 fully saturated rings. The number of piperidine rings is 1. The zero-order chi connectivity index (χ0) is 28.0. The third kappa shape index (κ3) is 7.96. The largest absolute Gasteiger partial charge is 0.490 e. The van der Waals surface area contributed by atoms with Crippen molar-refractivity contribution in [1.82, 2.24) is 15.1 Å². The van der Waals surface area contributed by atoms with E-state index in [-0.39, 0.29) is 30.9 Å². The van der Waals surface area contributed by atoms with Gasteiger partial charge < -0.3 is 19.7 Å². The van der Waals surface area contributed by atoms with Gasteiger partial charge in [-0.3, -0.25) is 14.5 Å². The van der Waals surface area contributed by atoms with Crippen LogP contribution in [0.3, 0.4) is 0 Å². The van der Waals surface area contributed by atoms with Gasteiger partial charge in [-0.05, 0) is 67.5 Å². The summed E-state index contributed by atoms with van der Waals surface area (Å²) < 4.78 is 12.7. The number of ether oxygens (including phenoxy) is 2. The molecule has 0 bridgehead atoms. The van der Waals surface area contributed by atoms with Gasteiger partial charge in [0.05, 0.1) is 13.0 Å². The quantitative estimate of drug-likeness (QED) is 0.486. The molecule has 2 aromatic rings. The lowest BCUT2D eigenvalue weighted by atomic mass is 9.95. The van der Waals surface area contributed by atoms with Gasteiger partial charge in [0.2, 0.25) is 11.8 Å². The minimum absolute atomic E-state index is 0.0245. The Bertz CT molecular complexity index is 1120. The number of morpholine rings is 1. The maximum absolute atomic E-state index is 13.6. The maximum Gasteiger partial charge on any atom is 0.225 e. The molecule has 2 aliphatic heterocycles. The molecular weight excluding hydrogens is 514 g/mol. The van der Waals surface area contributed by atoms with Crippen LogP contribution in [0, 0.1) is 13.8 Å². The van der Waals surface area contributed by atoms with Crippen LogP contribution in [0.25, 0.3) is 0 Å². The Kier molecular flexibility index (Phi) is 9.91. The molecule has 39 heavy (non-hydrogen) atoms. The van der Waals surface area contributed by atoms with Crippen molar-refractivity contribution in [3.8, 4) is 5.75 Å².